The van der Waals surface area contributed by atoms with Gasteiger partial charge in [-0.05, 0) is 18.9 Å². The van der Waals surface area contributed by atoms with Crippen LogP contribution in [0.15, 0.2) is 30.3 Å². The molecule has 0 heterocycles. The maximum Gasteiger partial charge on any atom is 0.0424 e. The molecule has 1 aromatic rings. The van der Waals surface area contributed by atoms with Gasteiger partial charge in [0, 0.05) is 12.3 Å². The van der Waals surface area contributed by atoms with E-state index in [4.69, 9.17) is 0 Å². The van der Waals surface area contributed by atoms with Crippen LogP contribution in [0.3, 0.4) is 0 Å². The van der Waals surface area contributed by atoms with Gasteiger partial charge in [-0.2, -0.15) is 0 Å². The summed E-state index contributed by atoms with van der Waals surface area (Å²) in [6.07, 6.45) is 3.48. The fourth-order valence-corrected chi connectivity index (χ4v) is 1.32. The molecule has 0 bridgehead atoms. The molecule has 0 aliphatic heterocycles. The van der Waals surface area contributed by atoms with Gasteiger partial charge in [0.25, 0.3) is 0 Å². The minimum atomic E-state index is 0.369. The second-order valence-corrected chi connectivity index (χ2v) is 3.56. The highest BCUT2D eigenvalue weighted by Crippen LogP contribution is 2.12. The van der Waals surface area contributed by atoms with Crippen LogP contribution in [0, 0.1) is 11.8 Å². The summed E-state index contributed by atoms with van der Waals surface area (Å²) in [7, 11) is 0. The van der Waals surface area contributed by atoms with Gasteiger partial charge < -0.3 is 0 Å². The fourth-order valence-electron chi connectivity index (χ4n) is 1.32. The lowest BCUT2D eigenvalue weighted by molar-refractivity contribution is 0.826. The molecule has 0 nitrogen and oxygen atoms in total. The van der Waals surface area contributed by atoms with Crippen LogP contribution < -0.4 is 0 Å². The summed E-state index contributed by atoms with van der Waals surface area (Å²) in [4.78, 5) is 0. The minimum absolute atomic E-state index is 0.369. The first kappa shape index (κ1) is 10.9. The largest absolute Gasteiger partial charge is 0.103 e. The van der Waals surface area contributed by atoms with Crippen LogP contribution in [0.4, 0.5) is 0 Å². The Kier molecular flexibility index (Phi) is 4.86. The highest BCUT2D eigenvalue weighted by Gasteiger charge is 1.98. The number of unbranched alkanes of at least 4 members (excludes halogenated alkanes) is 2. The lowest BCUT2D eigenvalue weighted by Crippen LogP contribution is -1.88. The van der Waals surface area contributed by atoms with Crippen LogP contribution in [0.2, 0.25) is 0 Å². The van der Waals surface area contributed by atoms with Crippen molar-refractivity contribution in [1.29, 1.82) is 0 Å². The fraction of sp³-hybridized carbons (Fsp3) is 0.429. The Bertz CT molecular complexity index is 300. The molecule has 74 valence electrons. The van der Waals surface area contributed by atoms with E-state index in [1.807, 2.05) is 6.07 Å². The van der Waals surface area contributed by atoms with Gasteiger partial charge in [-0.15, -0.1) is 5.92 Å². The van der Waals surface area contributed by atoms with E-state index in [1.54, 1.807) is 0 Å². The average molecular weight is 186 g/mol. The van der Waals surface area contributed by atoms with Gasteiger partial charge >= 0.3 is 0 Å². The molecule has 0 aliphatic rings. The van der Waals surface area contributed by atoms with Gasteiger partial charge in [0.1, 0.15) is 0 Å². The van der Waals surface area contributed by atoms with Crippen molar-refractivity contribution in [2.24, 2.45) is 0 Å². The van der Waals surface area contributed by atoms with Crippen LogP contribution in [-0.4, -0.2) is 0 Å². The number of benzene rings is 1. The van der Waals surface area contributed by atoms with E-state index in [0.29, 0.717) is 5.92 Å². The summed E-state index contributed by atoms with van der Waals surface area (Å²) < 4.78 is 0. The quantitative estimate of drug-likeness (QED) is 0.494. The molecule has 0 spiro atoms. The molecule has 0 heteroatoms. The SMILES string of the molecule is CCCCC#CC(C)c1ccccc1. The van der Waals surface area contributed by atoms with Crippen LogP contribution in [0.25, 0.3) is 0 Å². The molecule has 0 fully saturated rings. The van der Waals surface area contributed by atoms with Crippen LogP contribution in [0.5, 0.6) is 0 Å². The van der Waals surface area contributed by atoms with Crippen molar-refractivity contribution >= 4 is 0 Å². The number of rotatable bonds is 3. The van der Waals surface area contributed by atoms with Crippen LogP contribution in [0.1, 0.15) is 44.6 Å². The van der Waals surface area contributed by atoms with Gasteiger partial charge in [0.15, 0.2) is 0 Å². The molecule has 14 heavy (non-hydrogen) atoms. The maximum absolute atomic E-state index is 3.28. The van der Waals surface area contributed by atoms with Crippen molar-refractivity contribution in [3.05, 3.63) is 35.9 Å². The first-order valence-corrected chi connectivity index (χ1v) is 5.38. The summed E-state index contributed by atoms with van der Waals surface area (Å²) in [6.45, 7) is 4.36. The lowest BCUT2D eigenvalue weighted by atomic mass is 10.0. The van der Waals surface area contributed by atoms with Gasteiger partial charge in [-0.3, -0.25) is 0 Å². The zero-order chi connectivity index (χ0) is 10.2. The van der Waals surface area contributed by atoms with Crippen molar-refractivity contribution < 1.29 is 0 Å². The minimum Gasteiger partial charge on any atom is -0.103 e. The van der Waals surface area contributed by atoms with E-state index >= 15 is 0 Å². The molecule has 0 aliphatic carbocycles. The summed E-state index contributed by atoms with van der Waals surface area (Å²) >= 11 is 0. The second-order valence-electron chi connectivity index (χ2n) is 3.56. The van der Waals surface area contributed by atoms with E-state index < -0.39 is 0 Å². The van der Waals surface area contributed by atoms with Crippen molar-refractivity contribution in [3.63, 3.8) is 0 Å². The van der Waals surface area contributed by atoms with Crippen LogP contribution in [-0.2, 0) is 0 Å². The second kappa shape index (κ2) is 6.27. The van der Waals surface area contributed by atoms with E-state index in [2.05, 4.69) is 50.0 Å². The first-order chi connectivity index (χ1) is 6.84. The molecule has 1 rings (SSSR count). The van der Waals surface area contributed by atoms with Crippen molar-refractivity contribution in [1.82, 2.24) is 0 Å². The smallest absolute Gasteiger partial charge is 0.0424 e. The van der Waals surface area contributed by atoms with Gasteiger partial charge in [0.2, 0.25) is 0 Å². The molecule has 1 unspecified atom stereocenters. The normalized spacial score (nSPS) is 11.6. The summed E-state index contributed by atoms with van der Waals surface area (Å²) in [6, 6.07) is 10.5. The van der Waals surface area contributed by atoms with Crippen molar-refractivity contribution in [2.75, 3.05) is 0 Å². The Morgan fingerprint density at radius 2 is 1.93 bits per heavy atom. The molecule has 0 saturated heterocycles. The topological polar surface area (TPSA) is 0 Å². The van der Waals surface area contributed by atoms with E-state index in [1.165, 1.54) is 18.4 Å². The Morgan fingerprint density at radius 1 is 1.21 bits per heavy atom. The predicted molar refractivity (Wildman–Crippen MR) is 62.2 cm³/mol. The lowest BCUT2D eigenvalue weighted by Gasteiger charge is -2.02. The highest BCUT2D eigenvalue weighted by atomic mass is 14.0. The molecule has 0 aromatic heterocycles. The molecule has 0 amide bonds. The molecule has 1 atom stereocenters. The molecule has 1 aromatic carbocycles. The van der Waals surface area contributed by atoms with Gasteiger partial charge in [-0.25, -0.2) is 0 Å². The first-order valence-electron chi connectivity index (χ1n) is 5.38. The van der Waals surface area contributed by atoms with E-state index in [-0.39, 0.29) is 0 Å². The number of hydrogen-bond donors (Lipinski definition) is 0. The standard InChI is InChI=1S/C14H18/c1-3-4-5-7-10-13(2)14-11-8-6-9-12-14/h6,8-9,11-13H,3-5H2,1-2H3. The van der Waals surface area contributed by atoms with Gasteiger partial charge in [-0.1, -0.05) is 49.6 Å². The summed E-state index contributed by atoms with van der Waals surface area (Å²) in [5.74, 6) is 6.89. The van der Waals surface area contributed by atoms with E-state index in [0.717, 1.165) is 6.42 Å². The molecule has 0 radical (unpaired) electrons. The highest BCUT2D eigenvalue weighted by molar-refractivity contribution is 5.26. The monoisotopic (exact) mass is 186 g/mol. The van der Waals surface area contributed by atoms with E-state index in [9.17, 15) is 0 Å². The molecule has 0 N–H and O–H groups in total. The Balaban J connectivity index is 2.49. The van der Waals surface area contributed by atoms with Crippen molar-refractivity contribution in [2.45, 2.75) is 39.0 Å². The number of hydrogen-bond acceptors (Lipinski definition) is 0. The van der Waals surface area contributed by atoms with Crippen LogP contribution >= 0.6 is 0 Å². The third-order valence-corrected chi connectivity index (χ3v) is 2.27. The summed E-state index contributed by atoms with van der Waals surface area (Å²) in [5, 5.41) is 0. The molecule has 0 saturated carbocycles. The zero-order valence-electron chi connectivity index (χ0n) is 9.09. The third-order valence-electron chi connectivity index (χ3n) is 2.27. The average Bonchev–Trinajstić information content (AvgIpc) is 2.25. The Hall–Kier alpha value is -1.22. The predicted octanol–water partition coefficient (Wildman–Crippen LogP) is 3.98. The zero-order valence-corrected chi connectivity index (χ0v) is 9.09. The summed E-state index contributed by atoms with van der Waals surface area (Å²) in [5.41, 5.74) is 1.32. The van der Waals surface area contributed by atoms with Gasteiger partial charge in [0.05, 0.1) is 0 Å². The third kappa shape index (κ3) is 3.66. The molecular formula is C14H18. The molecular weight excluding hydrogens is 168 g/mol. The van der Waals surface area contributed by atoms with Crippen molar-refractivity contribution in [3.8, 4) is 11.8 Å². The maximum atomic E-state index is 3.28. The Labute approximate surface area is 87.4 Å². The Morgan fingerprint density at radius 3 is 2.57 bits per heavy atom.